The summed E-state index contributed by atoms with van der Waals surface area (Å²) < 4.78 is 27.1. The summed E-state index contributed by atoms with van der Waals surface area (Å²) in [6, 6.07) is 0. The Hall–Kier alpha value is -1.84. The van der Waals surface area contributed by atoms with Crippen molar-refractivity contribution in [1.82, 2.24) is 28.5 Å². The maximum atomic E-state index is 12.1. The summed E-state index contributed by atoms with van der Waals surface area (Å²) in [5.41, 5.74) is 2.55. The Bertz CT molecular complexity index is 800. The predicted molar refractivity (Wildman–Crippen MR) is 90.3 cm³/mol. The number of hydrogen-bond acceptors (Lipinski definition) is 5. The molecule has 3 heterocycles. The number of hydrogen-bond donors (Lipinski definition) is 1. The van der Waals surface area contributed by atoms with E-state index < -0.39 is 10.2 Å². The molecular formula is C15H22N6O2S. The third-order valence-corrected chi connectivity index (χ3v) is 6.09. The van der Waals surface area contributed by atoms with Crippen LogP contribution in [0.2, 0.25) is 0 Å². The quantitative estimate of drug-likeness (QED) is 0.862. The van der Waals surface area contributed by atoms with E-state index in [1.165, 1.54) is 8.61 Å². The second kappa shape index (κ2) is 6.58. The zero-order valence-corrected chi connectivity index (χ0v) is 14.9. The van der Waals surface area contributed by atoms with Crippen molar-refractivity contribution < 1.29 is 8.42 Å². The monoisotopic (exact) mass is 350 g/mol. The van der Waals surface area contributed by atoms with Crippen LogP contribution >= 0.6 is 0 Å². The van der Waals surface area contributed by atoms with Gasteiger partial charge in [0.25, 0.3) is 10.2 Å². The summed E-state index contributed by atoms with van der Waals surface area (Å²) in [5.74, 6) is 0.974. The van der Waals surface area contributed by atoms with E-state index in [1.807, 2.05) is 6.92 Å². The number of aryl methyl sites for hydroxylation is 1. The minimum absolute atomic E-state index is 0.269. The number of H-pyrrole nitrogens is 1. The molecule has 2 aromatic heterocycles. The van der Waals surface area contributed by atoms with E-state index in [0.29, 0.717) is 24.6 Å². The molecule has 2 aromatic rings. The lowest BCUT2D eigenvalue weighted by atomic mass is 10.0. The molecule has 8 nitrogen and oxygen atoms in total. The Morgan fingerprint density at radius 2 is 2.04 bits per heavy atom. The van der Waals surface area contributed by atoms with E-state index in [9.17, 15) is 8.42 Å². The number of aromatic nitrogens is 4. The molecule has 1 N–H and O–H groups in total. The van der Waals surface area contributed by atoms with Gasteiger partial charge in [-0.15, -0.1) is 0 Å². The third kappa shape index (κ3) is 3.47. The summed E-state index contributed by atoms with van der Waals surface area (Å²) in [5, 5.41) is 0. The van der Waals surface area contributed by atoms with Gasteiger partial charge < -0.3 is 4.98 Å². The number of nitrogens with zero attached hydrogens (tertiary/aromatic N) is 5. The van der Waals surface area contributed by atoms with Crippen LogP contribution in [-0.2, 0) is 16.6 Å². The SMILES string of the molecule is Cc1cnc(-c2cnc(C[C@H]3CCN(S(=O)(=O)N(C)C)C3)cn2)[nH]1. The van der Waals surface area contributed by atoms with Crippen molar-refractivity contribution in [2.75, 3.05) is 27.2 Å². The van der Waals surface area contributed by atoms with Gasteiger partial charge >= 0.3 is 0 Å². The molecular weight excluding hydrogens is 328 g/mol. The zero-order valence-electron chi connectivity index (χ0n) is 14.1. The molecule has 0 saturated carbocycles. The second-order valence-corrected chi connectivity index (χ2v) is 8.46. The lowest BCUT2D eigenvalue weighted by Gasteiger charge is -2.20. The lowest BCUT2D eigenvalue weighted by Crippen LogP contribution is -2.38. The van der Waals surface area contributed by atoms with Crippen LogP contribution in [0.3, 0.4) is 0 Å². The molecule has 0 aliphatic carbocycles. The summed E-state index contributed by atoms with van der Waals surface area (Å²) in [6.45, 7) is 3.02. The molecule has 0 bridgehead atoms. The summed E-state index contributed by atoms with van der Waals surface area (Å²) in [4.78, 5) is 16.2. The number of rotatable bonds is 5. The molecule has 3 rings (SSSR count). The van der Waals surface area contributed by atoms with Crippen LogP contribution in [0.4, 0.5) is 0 Å². The molecule has 1 aliphatic heterocycles. The Balaban J connectivity index is 1.63. The summed E-state index contributed by atoms with van der Waals surface area (Å²) in [6.07, 6.45) is 6.77. The molecule has 0 spiro atoms. The number of nitrogens with one attached hydrogen (secondary N) is 1. The van der Waals surface area contributed by atoms with Gasteiger partial charge in [0.1, 0.15) is 5.69 Å². The molecule has 0 amide bonds. The van der Waals surface area contributed by atoms with Crippen molar-refractivity contribution in [2.45, 2.75) is 19.8 Å². The smallest absolute Gasteiger partial charge is 0.281 e. The molecule has 1 atom stereocenters. The highest BCUT2D eigenvalue weighted by molar-refractivity contribution is 7.86. The van der Waals surface area contributed by atoms with E-state index in [2.05, 4.69) is 19.9 Å². The first kappa shape index (κ1) is 17.0. The number of imidazole rings is 1. The van der Waals surface area contributed by atoms with Crippen molar-refractivity contribution in [1.29, 1.82) is 0 Å². The van der Waals surface area contributed by atoms with Crippen LogP contribution < -0.4 is 0 Å². The van der Waals surface area contributed by atoms with Gasteiger partial charge in [0.2, 0.25) is 0 Å². The van der Waals surface area contributed by atoms with Gasteiger partial charge in [0, 0.05) is 45.3 Å². The molecule has 9 heteroatoms. The maximum absolute atomic E-state index is 12.1. The normalized spacial score (nSPS) is 19.2. The van der Waals surface area contributed by atoms with Gasteiger partial charge in [-0.05, 0) is 25.7 Å². The Morgan fingerprint density at radius 3 is 2.62 bits per heavy atom. The van der Waals surface area contributed by atoms with E-state index in [4.69, 9.17) is 0 Å². The maximum Gasteiger partial charge on any atom is 0.281 e. The van der Waals surface area contributed by atoms with Crippen LogP contribution in [0, 0.1) is 12.8 Å². The fraction of sp³-hybridized carbons (Fsp3) is 0.533. The van der Waals surface area contributed by atoms with Crippen LogP contribution in [-0.4, -0.2) is 64.1 Å². The predicted octanol–water partition coefficient (Wildman–Crippen LogP) is 0.846. The van der Waals surface area contributed by atoms with Crippen molar-refractivity contribution in [3.05, 3.63) is 30.0 Å². The second-order valence-electron chi connectivity index (χ2n) is 6.31. The molecule has 0 radical (unpaired) electrons. The topological polar surface area (TPSA) is 95.1 Å². The Kier molecular flexibility index (Phi) is 4.66. The van der Waals surface area contributed by atoms with E-state index in [-0.39, 0.29) is 5.92 Å². The summed E-state index contributed by atoms with van der Waals surface area (Å²) >= 11 is 0. The minimum atomic E-state index is -3.32. The fourth-order valence-corrected chi connectivity index (χ4v) is 4.02. The van der Waals surface area contributed by atoms with Crippen molar-refractivity contribution >= 4 is 10.2 Å². The Morgan fingerprint density at radius 1 is 1.25 bits per heavy atom. The van der Waals surface area contributed by atoms with E-state index in [0.717, 1.165) is 24.2 Å². The van der Waals surface area contributed by atoms with Gasteiger partial charge in [-0.2, -0.15) is 17.0 Å². The molecule has 1 aliphatic rings. The molecule has 24 heavy (non-hydrogen) atoms. The van der Waals surface area contributed by atoms with Gasteiger partial charge in [-0.1, -0.05) is 0 Å². The van der Waals surface area contributed by atoms with Crippen LogP contribution in [0.1, 0.15) is 17.8 Å². The molecule has 1 saturated heterocycles. The summed E-state index contributed by atoms with van der Waals surface area (Å²) in [7, 11) is -0.207. The first-order chi connectivity index (χ1) is 11.4. The lowest BCUT2D eigenvalue weighted by molar-refractivity contribution is 0.409. The zero-order chi connectivity index (χ0) is 17.3. The third-order valence-electron chi connectivity index (χ3n) is 4.18. The molecule has 1 fully saturated rings. The average Bonchev–Trinajstić information content (AvgIpc) is 3.17. The van der Waals surface area contributed by atoms with E-state index in [1.54, 1.807) is 32.7 Å². The highest BCUT2D eigenvalue weighted by Gasteiger charge is 2.32. The minimum Gasteiger partial charge on any atom is -0.341 e. The average molecular weight is 350 g/mol. The highest BCUT2D eigenvalue weighted by Crippen LogP contribution is 2.23. The van der Waals surface area contributed by atoms with E-state index >= 15 is 0 Å². The standard InChI is InChI=1S/C15H22N6O2S/c1-11-7-18-15(19-11)14-9-16-13(8-17-14)6-12-4-5-21(10-12)24(22,23)20(2)3/h7-9,12H,4-6,10H2,1-3H3,(H,18,19)/t12-/m1/s1. The van der Waals surface area contributed by atoms with Crippen molar-refractivity contribution in [3.8, 4) is 11.5 Å². The van der Waals surface area contributed by atoms with Gasteiger partial charge in [-0.25, -0.2) is 9.97 Å². The first-order valence-corrected chi connectivity index (χ1v) is 9.26. The highest BCUT2D eigenvalue weighted by atomic mass is 32.2. The first-order valence-electron chi connectivity index (χ1n) is 7.87. The van der Waals surface area contributed by atoms with Gasteiger partial charge in [0.05, 0.1) is 11.9 Å². The van der Waals surface area contributed by atoms with Crippen LogP contribution in [0.25, 0.3) is 11.5 Å². The van der Waals surface area contributed by atoms with Crippen LogP contribution in [0.15, 0.2) is 18.6 Å². The molecule has 0 aromatic carbocycles. The molecule has 0 unspecified atom stereocenters. The number of aromatic amines is 1. The largest absolute Gasteiger partial charge is 0.341 e. The van der Waals surface area contributed by atoms with Crippen LogP contribution in [0.5, 0.6) is 0 Å². The van der Waals surface area contributed by atoms with Gasteiger partial charge in [-0.3, -0.25) is 4.98 Å². The fourth-order valence-electron chi connectivity index (χ4n) is 2.83. The molecule has 130 valence electrons. The Labute approximate surface area is 142 Å². The van der Waals surface area contributed by atoms with Crippen molar-refractivity contribution in [2.24, 2.45) is 5.92 Å². The van der Waals surface area contributed by atoms with Gasteiger partial charge in [0.15, 0.2) is 5.82 Å². The van der Waals surface area contributed by atoms with Crippen molar-refractivity contribution in [3.63, 3.8) is 0 Å².